The van der Waals surface area contributed by atoms with E-state index in [1.165, 1.54) is 15.8 Å². The number of rotatable bonds is 3. The first-order valence-electron chi connectivity index (χ1n) is 8.98. The van der Waals surface area contributed by atoms with Gasteiger partial charge in [0.1, 0.15) is 11.4 Å². The predicted octanol–water partition coefficient (Wildman–Crippen LogP) is 4.29. The van der Waals surface area contributed by atoms with Crippen molar-refractivity contribution in [3.8, 4) is 0 Å². The van der Waals surface area contributed by atoms with Gasteiger partial charge in [0.2, 0.25) is 5.91 Å². The fourth-order valence-electron chi connectivity index (χ4n) is 3.54. The molecular weight excluding hydrogens is 426 g/mol. The second-order valence-electron chi connectivity index (χ2n) is 7.24. The number of hydrogen-bond acceptors (Lipinski definition) is 4. The first-order valence-corrected chi connectivity index (χ1v) is 10.6. The molecule has 1 atom stereocenters. The summed E-state index contributed by atoms with van der Waals surface area (Å²) in [6.07, 6.45) is 4.51. The van der Waals surface area contributed by atoms with Crippen LogP contribution in [-0.4, -0.2) is 15.5 Å². The Bertz CT molecular complexity index is 1100. The molecule has 1 unspecified atom stereocenters. The van der Waals surface area contributed by atoms with Gasteiger partial charge in [-0.1, -0.05) is 13.0 Å². The Morgan fingerprint density at radius 2 is 2.26 bits per heavy atom. The van der Waals surface area contributed by atoms with Gasteiger partial charge in [-0.2, -0.15) is 0 Å². The number of nitrogens with zero attached hydrogens (tertiary/aromatic N) is 2. The van der Waals surface area contributed by atoms with Crippen LogP contribution in [0.2, 0.25) is 0 Å². The highest BCUT2D eigenvalue weighted by Gasteiger charge is 2.23. The highest BCUT2D eigenvalue weighted by Crippen LogP contribution is 2.35. The lowest BCUT2D eigenvalue weighted by molar-refractivity contribution is -0.116. The quantitative estimate of drug-likeness (QED) is 0.653. The lowest BCUT2D eigenvalue weighted by Gasteiger charge is -2.17. The molecule has 140 valence electrons. The third kappa shape index (κ3) is 3.58. The van der Waals surface area contributed by atoms with E-state index in [2.05, 4.69) is 33.2 Å². The number of nitrogens with one attached hydrogen (secondary N) is 1. The molecule has 0 fully saturated rings. The molecule has 2 heterocycles. The number of fused-ring (bicyclic) bond motifs is 3. The van der Waals surface area contributed by atoms with E-state index >= 15 is 0 Å². The van der Waals surface area contributed by atoms with Gasteiger partial charge in [0, 0.05) is 9.35 Å². The molecule has 0 saturated heterocycles. The van der Waals surface area contributed by atoms with Gasteiger partial charge in [-0.05, 0) is 71.3 Å². The number of hydrogen-bond donors (Lipinski definition) is 1. The van der Waals surface area contributed by atoms with Gasteiger partial charge in [0.05, 0.1) is 17.4 Å². The third-order valence-electron chi connectivity index (χ3n) is 4.99. The molecular formula is C20H20BrN3O2S. The number of aryl methyl sites for hydroxylation is 2. The van der Waals surface area contributed by atoms with E-state index in [0.717, 1.165) is 39.7 Å². The molecule has 0 spiro atoms. The molecule has 0 radical (unpaired) electrons. The minimum Gasteiger partial charge on any atom is -0.324 e. The van der Waals surface area contributed by atoms with Crippen molar-refractivity contribution in [3.63, 3.8) is 0 Å². The van der Waals surface area contributed by atoms with Crippen molar-refractivity contribution in [1.82, 2.24) is 9.55 Å². The second kappa shape index (κ2) is 7.20. The molecule has 5 nitrogen and oxygen atoms in total. The number of aromatic nitrogens is 2. The SMILES string of the molecule is Cc1ccc(NC(=O)Cn2cnc3sc4c(c3c2=O)CCC(C)C4)c(Br)c1. The van der Waals surface area contributed by atoms with Crippen molar-refractivity contribution < 1.29 is 4.79 Å². The van der Waals surface area contributed by atoms with Crippen LogP contribution in [0.4, 0.5) is 5.69 Å². The summed E-state index contributed by atoms with van der Waals surface area (Å²) in [4.78, 5) is 32.0. The number of anilines is 1. The summed E-state index contributed by atoms with van der Waals surface area (Å²) < 4.78 is 2.22. The summed E-state index contributed by atoms with van der Waals surface area (Å²) in [5, 5.41) is 3.55. The van der Waals surface area contributed by atoms with Crippen molar-refractivity contribution in [2.45, 2.75) is 39.7 Å². The number of thiophene rings is 1. The highest BCUT2D eigenvalue weighted by atomic mass is 79.9. The smallest absolute Gasteiger partial charge is 0.262 e. The Morgan fingerprint density at radius 1 is 1.44 bits per heavy atom. The predicted molar refractivity (Wildman–Crippen MR) is 113 cm³/mol. The molecule has 27 heavy (non-hydrogen) atoms. The maximum Gasteiger partial charge on any atom is 0.262 e. The summed E-state index contributed by atoms with van der Waals surface area (Å²) in [5.41, 5.74) is 2.81. The molecule has 0 aliphatic heterocycles. The fraction of sp³-hybridized carbons (Fsp3) is 0.350. The zero-order chi connectivity index (χ0) is 19.1. The minimum atomic E-state index is -0.250. The highest BCUT2D eigenvalue weighted by molar-refractivity contribution is 9.10. The van der Waals surface area contributed by atoms with Crippen LogP contribution in [0.25, 0.3) is 10.2 Å². The van der Waals surface area contributed by atoms with Crippen LogP contribution in [0.5, 0.6) is 0 Å². The van der Waals surface area contributed by atoms with Crippen LogP contribution in [0.15, 0.2) is 33.8 Å². The van der Waals surface area contributed by atoms with Crippen molar-refractivity contribution in [2.75, 3.05) is 5.32 Å². The number of amides is 1. The lowest BCUT2D eigenvalue weighted by Crippen LogP contribution is -2.28. The van der Waals surface area contributed by atoms with Crippen molar-refractivity contribution in [3.05, 3.63) is 55.4 Å². The molecule has 1 amide bonds. The second-order valence-corrected chi connectivity index (χ2v) is 9.18. The summed E-state index contributed by atoms with van der Waals surface area (Å²) in [7, 11) is 0. The molecule has 1 aliphatic rings. The fourth-order valence-corrected chi connectivity index (χ4v) is 5.48. The monoisotopic (exact) mass is 445 g/mol. The van der Waals surface area contributed by atoms with Crippen LogP contribution < -0.4 is 10.9 Å². The minimum absolute atomic E-state index is 0.0525. The zero-order valence-electron chi connectivity index (χ0n) is 15.2. The van der Waals surface area contributed by atoms with Crippen LogP contribution in [0, 0.1) is 12.8 Å². The van der Waals surface area contributed by atoms with Gasteiger partial charge in [-0.15, -0.1) is 11.3 Å². The molecule has 3 aromatic rings. The van der Waals surface area contributed by atoms with Crippen LogP contribution in [0.1, 0.15) is 29.3 Å². The maximum absolute atomic E-state index is 13.0. The van der Waals surface area contributed by atoms with E-state index in [-0.39, 0.29) is 18.0 Å². The number of benzene rings is 1. The molecule has 4 rings (SSSR count). The molecule has 1 aliphatic carbocycles. The van der Waals surface area contributed by atoms with E-state index < -0.39 is 0 Å². The topological polar surface area (TPSA) is 64.0 Å². The molecule has 1 aromatic carbocycles. The van der Waals surface area contributed by atoms with E-state index in [1.807, 2.05) is 25.1 Å². The average Bonchev–Trinajstić information content (AvgIpc) is 2.98. The molecule has 2 aromatic heterocycles. The van der Waals surface area contributed by atoms with Crippen LogP contribution in [-0.2, 0) is 24.2 Å². The third-order valence-corrected chi connectivity index (χ3v) is 6.81. The Hall–Kier alpha value is -1.99. The van der Waals surface area contributed by atoms with Crippen molar-refractivity contribution in [1.29, 1.82) is 0 Å². The maximum atomic E-state index is 13.0. The number of carbonyl (C=O) groups is 1. The summed E-state index contributed by atoms with van der Waals surface area (Å²) in [6, 6.07) is 5.71. The van der Waals surface area contributed by atoms with E-state index in [1.54, 1.807) is 11.3 Å². The van der Waals surface area contributed by atoms with Gasteiger partial charge in [0.25, 0.3) is 5.56 Å². The average molecular weight is 446 g/mol. The van der Waals surface area contributed by atoms with Gasteiger partial charge in [0.15, 0.2) is 0 Å². The Kier molecular flexibility index (Phi) is 4.90. The van der Waals surface area contributed by atoms with E-state index in [4.69, 9.17) is 0 Å². The Morgan fingerprint density at radius 3 is 3.04 bits per heavy atom. The van der Waals surface area contributed by atoms with Gasteiger partial charge < -0.3 is 5.32 Å². The first-order chi connectivity index (χ1) is 12.9. The number of halogens is 1. The largest absolute Gasteiger partial charge is 0.324 e. The zero-order valence-corrected chi connectivity index (χ0v) is 17.6. The summed E-state index contributed by atoms with van der Waals surface area (Å²) in [5.74, 6) is 0.395. The van der Waals surface area contributed by atoms with Crippen molar-refractivity contribution in [2.24, 2.45) is 5.92 Å². The summed E-state index contributed by atoms with van der Waals surface area (Å²) in [6.45, 7) is 4.18. The van der Waals surface area contributed by atoms with Gasteiger partial charge in [-0.25, -0.2) is 4.98 Å². The van der Waals surface area contributed by atoms with Crippen LogP contribution in [0.3, 0.4) is 0 Å². The van der Waals surface area contributed by atoms with Crippen LogP contribution >= 0.6 is 27.3 Å². The molecule has 0 bridgehead atoms. The van der Waals surface area contributed by atoms with Crippen molar-refractivity contribution >= 4 is 49.1 Å². The Labute approximate surface area is 169 Å². The van der Waals surface area contributed by atoms with E-state index in [0.29, 0.717) is 17.0 Å². The lowest BCUT2D eigenvalue weighted by atomic mass is 9.89. The van der Waals surface area contributed by atoms with Gasteiger partial charge in [-0.3, -0.25) is 14.2 Å². The normalized spacial score (nSPS) is 16.3. The molecule has 0 saturated carbocycles. The summed E-state index contributed by atoms with van der Waals surface area (Å²) >= 11 is 5.07. The Balaban J connectivity index is 1.61. The first kappa shape index (κ1) is 18.4. The standard InChI is InChI=1S/C20H20BrN3O2S/c1-11-4-6-15(14(21)7-11)23-17(25)9-24-10-22-19-18(20(24)26)13-5-3-12(2)8-16(13)27-19/h4,6-7,10,12H,3,5,8-9H2,1-2H3,(H,23,25). The molecule has 7 heteroatoms. The number of carbonyl (C=O) groups excluding carboxylic acids is 1. The molecule has 1 N–H and O–H groups in total. The van der Waals surface area contributed by atoms with Gasteiger partial charge >= 0.3 is 0 Å². The van der Waals surface area contributed by atoms with E-state index in [9.17, 15) is 9.59 Å².